The molecule has 0 radical (unpaired) electrons. The predicted octanol–water partition coefficient (Wildman–Crippen LogP) is 2.23. The summed E-state index contributed by atoms with van der Waals surface area (Å²) < 4.78 is 12.0. The molecule has 1 heterocycles. The van der Waals surface area contributed by atoms with E-state index in [1.165, 1.54) is 19.1 Å². The van der Waals surface area contributed by atoms with Gasteiger partial charge in [-0.2, -0.15) is 0 Å². The average molecular weight is 389 g/mol. The number of carbonyl (C=O) groups is 3. The number of rotatable bonds is 6. The molecule has 9 heteroatoms. The topological polar surface area (TPSA) is 122 Å². The number of hydrogen-bond acceptors (Lipinski definition) is 5. The van der Waals surface area contributed by atoms with E-state index in [0.717, 1.165) is 6.07 Å². The number of amides is 1. The van der Waals surface area contributed by atoms with Crippen molar-refractivity contribution in [3.63, 3.8) is 0 Å². The van der Waals surface area contributed by atoms with Crippen LogP contribution in [0.4, 0.5) is 0 Å². The van der Waals surface area contributed by atoms with Gasteiger partial charge in [0.15, 0.2) is 0 Å². The summed E-state index contributed by atoms with van der Waals surface area (Å²) in [5.41, 5.74) is -0.637. The lowest BCUT2D eigenvalue weighted by atomic mass is 9.76. The maximum absolute atomic E-state index is 11.4. The van der Waals surface area contributed by atoms with Crippen molar-refractivity contribution in [3.8, 4) is 0 Å². The van der Waals surface area contributed by atoms with E-state index in [1.54, 1.807) is 6.08 Å². The van der Waals surface area contributed by atoms with Crippen LogP contribution in [0, 0.1) is 0 Å². The zero-order valence-electron chi connectivity index (χ0n) is 16.5. The largest absolute Gasteiger partial charge is 0.492 e. The first kappa shape index (κ1) is 21.7. The minimum Gasteiger partial charge on any atom is -0.478 e. The Kier molecular flexibility index (Phi) is 6.01. The summed E-state index contributed by atoms with van der Waals surface area (Å²) in [6, 6.07) is 3.80. The third kappa shape index (κ3) is 4.79. The van der Waals surface area contributed by atoms with Gasteiger partial charge in [-0.25, -0.2) is 9.59 Å². The molecule has 1 saturated heterocycles. The minimum absolute atomic E-state index is 0.103. The van der Waals surface area contributed by atoms with Crippen molar-refractivity contribution in [3.05, 3.63) is 40.4 Å². The highest BCUT2D eigenvalue weighted by atomic mass is 16.7. The first-order chi connectivity index (χ1) is 12.8. The second-order valence-electron chi connectivity index (χ2n) is 7.67. The van der Waals surface area contributed by atoms with Gasteiger partial charge >= 0.3 is 19.1 Å². The van der Waals surface area contributed by atoms with Gasteiger partial charge in [0.25, 0.3) is 0 Å². The van der Waals surface area contributed by atoms with Gasteiger partial charge in [-0.15, -0.1) is 0 Å². The Morgan fingerprint density at radius 2 is 1.46 bits per heavy atom. The molecule has 1 amide bonds. The third-order valence-corrected chi connectivity index (χ3v) is 4.90. The normalized spacial score (nSPS) is 18.0. The Labute approximate surface area is 163 Å². The molecular formula is C19H24BNO7. The fourth-order valence-corrected chi connectivity index (χ4v) is 2.62. The molecule has 0 bridgehead atoms. The molecule has 0 aromatic heterocycles. The van der Waals surface area contributed by atoms with Crippen LogP contribution in [0.2, 0.25) is 0 Å². The highest BCUT2D eigenvalue weighted by Gasteiger charge is 2.52. The summed E-state index contributed by atoms with van der Waals surface area (Å²) in [4.78, 5) is 34.1. The number of hydrogen-bond donors (Lipinski definition) is 3. The molecule has 0 saturated carbocycles. The number of carbonyl (C=O) groups excluding carboxylic acids is 1. The van der Waals surface area contributed by atoms with E-state index in [1.807, 2.05) is 27.7 Å². The van der Waals surface area contributed by atoms with Crippen LogP contribution >= 0.6 is 0 Å². The molecular weight excluding hydrogens is 365 g/mol. The van der Waals surface area contributed by atoms with Gasteiger partial charge in [-0.05, 0) is 56.9 Å². The van der Waals surface area contributed by atoms with Gasteiger partial charge in [0.1, 0.15) is 0 Å². The number of benzene rings is 1. The first-order valence-electron chi connectivity index (χ1n) is 8.74. The Balaban J connectivity index is 2.49. The standard InChI is InChI=1S/C19H24BNO7/c1-11(22)21-10-15(20-27-18(2,3)19(4,5)28-20)8-12-6-13(16(23)24)9-14(7-12)17(25)26/h6-9H,10H2,1-5H3,(H,21,22)(H,23,24)(H,25,26). The predicted molar refractivity (Wildman–Crippen MR) is 103 cm³/mol. The third-order valence-electron chi connectivity index (χ3n) is 4.90. The lowest BCUT2D eigenvalue weighted by Gasteiger charge is -2.32. The van der Waals surface area contributed by atoms with E-state index in [2.05, 4.69) is 5.32 Å². The van der Waals surface area contributed by atoms with Crippen molar-refractivity contribution >= 4 is 31.0 Å². The van der Waals surface area contributed by atoms with E-state index in [-0.39, 0.29) is 23.6 Å². The molecule has 0 spiro atoms. The zero-order valence-corrected chi connectivity index (χ0v) is 16.5. The number of carboxylic acid groups (broad SMARTS) is 2. The summed E-state index contributed by atoms with van der Waals surface area (Å²) in [5, 5.41) is 21.2. The maximum Gasteiger partial charge on any atom is 0.492 e. The second kappa shape index (κ2) is 7.77. The molecule has 8 nitrogen and oxygen atoms in total. The van der Waals surface area contributed by atoms with E-state index < -0.39 is 30.3 Å². The van der Waals surface area contributed by atoms with Gasteiger partial charge in [-0.3, -0.25) is 4.79 Å². The first-order valence-corrected chi connectivity index (χ1v) is 8.74. The summed E-state index contributed by atoms with van der Waals surface area (Å²) in [7, 11) is -0.779. The maximum atomic E-state index is 11.4. The molecule has 0 unspecified atom stereocenters. The molecule has 1 fully saturated rings. The molecule has 0 atom stereocenters. The molecule has 150 valence electrons. The van der Waals surface area contributed by atoms with Gasteiger partial charge in [0.2, 0.25) is 5.91 Å². The van der Waals surface area contributed by atoms with Gasteiger partial charge in [0.05, 0.1) is 22.3 Å². The zero-order chi connectivity index (χ0) is 21.3. The Morgan fingerprint density at radius 3 is 1.86 bits per heavy atom. The summed E-state index contributed by atoms with van der Waals surface area (Å²) >= 11 is 0. The molecule has 1 aromatic carbocycles. The van der Waals surface area contributed by atoms with Gasteiger partial charge in [0, 0.05) is 13.5 Å². The number of nitrogens with one attached hydrogen (secondary N) is 1. The van der Waals surface area contributed by atoms with E-state index in [9.17, 15) is 24.6 Å². The van der Waals surface area contributed by atoms with Crippen LogP contribution in [-0.4, -0.2) is 52.9 Å². The lowest BCUT2D eigenvalue weighted by Crippen LogP contribution is -2.41. The van der Waals surface area contributed by atoms with Crippen molar-refractivity contribution < 1.29 is 33.9 Å². The molecule has 1 aliphatic heterocycles. The SMILES string of the molecule is CC(=O)NCC(=Cc1cc(C(=O)O)cc(C(=O)O)c1)B1OC(C)(C)C(C)(C)O1. The van der Waals surface area contributed by atoms with Crippen LogP contribution < -0.4 is 5.32 Å². The summed E-state index contributed by atoms with van der Waals surface area (Å²) in [6.07, 6.45) is 1.58. The molecule has 28 heavy (non-hydrogen) atoms. The molecule has 1 aromatic rings. The van der Waals surface area contributed by atoms with Crippen molar-refractivity contribution in [1.82, 2.24) is 5.32 Å². The Morgan fingerprint density at radius 1 is 1.00 bits per heavy atom. The summed E-state index contributed by atoms with van der Waals surface area (Å²) in [6.45, 7) is 9.02. The van der Waals surface area contributed by atoms with E-state index in [4.69, 9.17) is 9.31 Å². The van der Waals surface area contributed by atoms with E-state index in [0.29, 0.717) is 11.0 Å². The van der Waals surface area contributed by atoms with Crippen molar-refractivity contribution in [2.45, 2.75) is 45.8 Å². The summed E-state index contributed by atoms with van der Waals surface area (Å²) in [5.74, 6) is -2.73. The van der Waals surface area contributed by atoms with Crippen molar-refractivity contribution in [1.29, 1.82) is 0 Å². The van der Waals surface area contributed by atoms with E-state index >= 15 is 0 Å². The minimum atomic E-state index is -1.24. The highest BCUT2D eigenvalue weighted by molar-refractivity contribution is 6.56. The van der Waals surface area contributed by atoms with Crippen LogP contribution in [-0.2, 0) is 14.1 Å². The van der Waals surface area contributed by atoms with Crippen LogP contribution in [0.1, 0.15) is 60.9 Å². The number of carboxylic acids is 2. The molecule has 2 rings (SSSR count). The van der Waals surface area contributed by atoms with Crippen LogP contribution in [0.15, 0.2) is 23.7 Å². The fourth-order valence-electron chi connectivity index (χ4n) is 2.62. The van der Waals surface area contributed by atoms with Crippen molar-refractivity contribution in [2.75, 3.05) is 6.54 Å². The Bertz CT molecular complexity index is 796. The highest BCUT2D eigenvalue weighted by Crippen LogP contribution is 2.38. The Hall–Kier alpha value is -2.65. The van der Waals surface area contributed by atoms with Crippen LogP contribution in [0.25, 0.3) is 6.08 Å². The number of aromatic carboxylic acids is 2. The second-order valence-corrected chi connectivity index (χ2v) is 7.67. The molecule has 1 aliphatic rings. The fraction of sp³-hybridized carbons (Fsp3) is 0.421. The van der Waals surface area contributed by atoms with Gasteiger partial charge in [-0.1, -0.05) is 6.08 Å². The van der Waals surface area contributed by atoms with Gasteiger partial charge < -0.3 is 24.8 Å². The lowest BCUT2D eigenvalue weighted by molar-refractivity contribution is -0.118. The monoisotopic (exact) mass is 389 g/mol. The van der Waals surface area contributed by atoms with Crippen molar-refractivity contribution in [2.24, 2.45) is 0 Å². The van der Waals surface area contributed by atoms with Crippen LogP contribution in [0.3, 0.4) is 0 Å². The average Bonchev–Trinajstić information content (AvgIpc) is 2.78. The van der Waals surface area contributed by atoms with Crippen LogP contribution in [0.5, 0.6) is 0 Å². The molecule has 3 N–H and O–H groups in total. The quantitative estimate of drug-likeness (QED) is 0.638. The molecule has 0 aliphatic carbocycles. The smallest absolute Gasteiger partial charge is 0.478 e.